The molecule has 21 heavy (non-hydrogen) atoms. The monoisotopic (exact) mass is 322 g/mol. The molecule has 0 heterocycles. The summed E-state index contributed by atoms with van der Waals surface area (Å²) in [4.78, 5) is 13.7. The molecular formula is C16H16Cl2N2O. The topological polar surface area (TPSA) is 32.3 Å². The Labute approximate surface area is 134 Å². The molecule has 0 aliphatic carbocycles. The summed E-state index contributed by atoms with van der Waals surface area (Å²) in [6.45, 7) is 0.660. The molecule has 3 nitrogen and oxygen atoms in total. The highest BCUT2D eigenvalue weighted by molar-refractivity contribution is 6.42. The number of carbonyl (C=O) groups excluding carboxylic acids is 1. The number of likely N-dealkylation sites (N-methyl/N-ethyl adjacent to an activating group) is 1. The molecule has 0 spiro atoms. The first-order chi connectivity index (χ1) is 10.1. The number of nitrogens with zero attached hydrogens (tertiary/aromatic N) is 1. The maximum absolute atomic E-state index is 12.1. The first-order valence-electron chi connectivity index (χ1n) is 6.53. The average molecular weight is 323 g/mol. The van der Waals surface area contributed by atoms with Crippen LogP contribution in [0.5, 0.6) is 0 Å². The molecule has 0 aliphatic rings. The van der Waals surface area contributed by atoms with E-state index in [1.807, 2.05) is 42.5 Å². The van der Waals surface area contributed by atoms with E-state index in [1.165, 1.54) is 0 Å². The number of anilines is 1. The SMILES string of the molecule is CN(Cc1cccc(Cl)c1Cl)C(=O)CNc1ccccc1. The molecular weight excluding hydrogens is 307 g/mol. The largest absolute Gasteiger partial charge is 0.376 e. The van der Waals surface area contributed by atoms with Crippen LogP contribution < -0.4 is 5.32 Å². The quantitative estimate of drug-likeness (QED) is 0.900. The lowest BCUT2D eigenvalue weighted by Gasteiger charge is -2.19. The number of nitrogens with one attached hydrogen (secondary N) is 1. The lowest BCUT2D eigenvalue weighted by Crippen LogP contribution is -2.31. The van der Waals surface area contributed by atoms with Gasteiger partial charge in [-0.05, 0) is 23.8 Å². The molecule has 0 radical (unpaired) electrons. The standard InChI is InChI=1S/C16H16Cl2N2O/c1-20(11-12-6-5-9-14(17)16(12)18)15(21)10-19-13-7-3-2-4-8-13/h2-9,19H,10-11H2,1H3. The van der Waals surface area contributed by atoms with Gasteiger partial charge in [-0.15, -0.1) is 0 Å². The van der Waals surface area contributed by atoms with Crippen LogP contribution >= 0.6 is 23.2 Å². The second kappa shape index (κ2) is 7.34. The number of benzene rings is 2. The minimum absolute atomic E-state index is 0.0186. The van der Waals surface area contributed by atoms with Crippen LogP contribution in [0.1, 0.15) is 5.56 Å². The number of carbonyl (C=O) groups is 1. The van der Waals surface area contributed by atoms with Crippen LogP contribution in [-0.4, -0.2) is 24.4 Å². The predicted octanol–water partition coefficient (Wildman–Crippen LogP) is 4.06. The lowest BCUT2D eigenvalue weighted by molar-refractivity contribution is -0.128. The van der Waals surface area contributed by atoms with Crippen molar-refractivity contribution < 1.29 is 4.79 Å². The van der Waals surface area contributed by atoms with Crippen molar-refractivity contribution in [2.45, 2.75) is 6.54 Å². The molecule has 0 saturated heterocycles. The minimum Gasteiger partial charge on any atom is -0.376 e. The Morgan fingerprint density at radius 2 is 1.81 bits per heavy atom. The zero-order valence-electron chi connectivity index (χ0n) is 11.6. The highest BCUT2D eigenvalue weighted by atomic mass is 35.5. The van der Waals surface area contributed by atoms with Crippen LogP contribution in [0, 0.1) is 0 Å². The zero-order chi connectivity index (χ0) is 15.2. The van der Waals surface area contributed by atoms with Crippen molar-refractivity contribution in [2.24, 2.45) is 0 Å². The molecule has 1 N–H and O–H groups in total. The summed E-state index contributed by atoms with van der Waals surface area (Å²) in [7, 11) is 1.74. The second-order valence-corrected chi connectivity index (χ2v) is 5.47. The molecule has 0 unspecified atom stereocenters. The van der Waals surface area contributed by atoms with Gasteiger partial charge in [0.1, 0.15) is 0 Å². The zero-order valence-corrected chi connectivity index (χ0v) is 13.2. The third kappa shape index (κ3) is 4.38. The fraction of sp³-hybridized carbons (Fsp3) is 0.188. The van der Waals surface area contributed by atoms with Gasteiger partial charge in [0.2, 0.25) is 5.91 Å². The van der Waals surface area contributed by atoms with Gasteiger partial charge in [-0.25, -0.2) is 0 Å². The highest BCUT2D eigenvalue weighted by Gasteiger charge is 2.12. The first kappa shape index (κ1) is 15.7. The molecule has 2 rings (SSSR count). The summed E-state index contributed by atoms with van der Waals surface area (Å²) in [5.41, 5.74) is 1.75. The van der Waals surface area contributed by atoms with Gasteiger partial charge < -0.3 is 10.2 Å². The van der Waals surface area contributed by atoms with Crippen molar-refractivity contribution >= 4 is 34.8 Å². The lowest BCUT2D eigenvalue weighted by atomic mass is 10.2. The van der Waals surface area contributed by atoms with Gasteiger partial charge in [0.25, 0.3) is 0 Å². The van der Waals surface area contributed by atoms with E-state index < -0.39 is 0 Å². The predicted molar refractivity (Wildman–Crippen MR) is 87.9 cm³/mol. The summed E-state index contributed by atoms with van der Waals surface area (Å²) in [6.07, 6.45) is 0. The summed E-state index contributed by atoms with van der Waals surface area (Å²) in [5, 5.41) is 4.08. The van der Waals surface area contributed by atoms with Gasteiger partial charge in [-0.3, -0.25) is 4.79 Å². The number of hydrogen-bond acceptors (Lipinski definition) is 2. The molecule has 0 atom stereocenters. The maximum atomic E-state index is 12.1. The van der Waals surface area contributed by atoms with E-state index in [4.69, 9.17) is 23.2 Å². The normalized spacial score (nSPS) is 10.2. The number of para-hydroxylation sites is 1. The third-order valence-electron chi connectivity index (χ3n) is 3.08. The van der Waals surface area contributed by atoms with Crippen LogP contribution in [-0.2, 0) is 11.3 Å². The summed E-state index contributed by atoms with van der Waals surface area (Å²) in [5.74, 6) is -0.0186. The number of hydrogen-bond donors (Lipinski definition) is 1. The maximum Gasteiger partial charge on any atom is 0.241 e. The van der Waals surface area contributed by atoms with Gasteiger partial charge in [0, 0.05) is 19.3 Å². The number of halogens is 2. The van der Waals surface area contributed by atoms with Gasteiger partial charge >= 0.3 is 0 Å². The van der Waals surface area contributed by atoms with E-state index in [1.54, 1.807) is 18.0 Å². The van der Waals surface area contributed by atoms with E-state index in [0.717, 1.165) is 11.3 Å². The van der Waals surface area contributed by atoms with Gasteiger partial charge in [0.15, 0.2) is 0 Å². The molecule has 2 aromatic rings. The van der Waals surface area contributed by atoms with Crippen LogP contribution in [0.25, 0.3) is 0 Å². The van der Waals surface area contributed by atoms with E-state index in [2.05, 4.69) is 5.32 Å². The molecule has 0 aromatic heterocycles. The van der Waals surface area contributed by atoms with E-state index in [0.29, 0.717) is 16.6 Å². The Morgan fingerprint density at radius 1 is 1.10 bits per heavy atom. The van der Waals surface area contributed by atoms with E-state index >= 15 is 0 Å². The fourth-order valence-corrected chi connectivity index (χ4v) is 2.26. The summed E-state index contributed by atoms with van der Waals surface area (Å²) in [6, 6.07) is 15.0. The van der Waals surface area contributed by atoms with Crippen molar-refractivity contribution in [2.75, 3.05) is 18.9 Å². The van der Waals surface area contributed by atoms with Crippen molar-refractivity contribution in [3.05, 3.63) is 64.1 Å². The van der Waals surface area contributed by atoms with E-state index in [-0.39, 0.29) is 12.5 Å². The first-order valence-corrected chi connectivity index (χ1v) is 7.29. The third-order valence-corrected chi connectivity index (χ3v) is 3.94. The van der Waals surface area contributed by atoms with E-state index in [9.17, 15) is 4.79 Å². The molecule has 0 fully saturated rings. The molecule has 0 saturated carbocycles. The highest BCUT2D eigenvalue weighted by Crippen LogP contribution is 2.26. The van der Waals surface area contributed by atoms with Crippen LogP contribution in [0.4, 0.5) is 5.69 Å². The summed E-state index contributed by atoms with van der Waals surface area (Å²) < 4.78 is 0. The Morgan fingerprint density at radius 3 is 2.52 bits per heavy atom. The Hall–Kier alpha value is -1.71. The minimum atomic E-state index is -0.0186. The Kier molecular flexibility index (Phi) is 5.48. The van der Waals surface area contributed by atoms with Crippen LogP contribution in [0.15, 0.2) is 48.5 Å². The average Bonchev–Trinajstić information content (AvgIpc) is 2.50. The molecule has 2 aromatic carbocycles. The Bertz CT molecular complexity index is 617. The van der Waals surface area contributed by atoms with Crippen molar-refractivity contribution in [1.29, 1.82) is 0 Å². The second-order valence-electron chi connectivity index (χ2n) is 4.68. The smallest absolute Gasteiger partial charge is 0.241 e. The van der Waals surface area contributed by atoms with Gasteiger partial charge in [-0.2, -0.15) is 0 Å². The van der Waals surface area contributed by atoms with Crippen molar-refractivity contribution in [3.8, 4) is 0 Å². The molecule has 110 valence electrons. The summed E-state index contributed by atoms with van der Waals surface area (Å²) >= 11 is 12.1. The van der Waals surface area contributed by atoms with Crippen molar-refractivity contribution in [3.63, 3.8) is 0 Å². The molecule has 1 amide bonds. The van der Waals surface area contributed by atoms with Crippen LogP contribution in [0.2, 0.25) is 10.0 Å². The van der Waals surface area contributed by atoms with Gasteiger partial charge in [0.05, 0.1) is 16.6 Å². The molecule has 0 aliphatic heterocycles. The van der Waals surface area contributed by atoms with Crippen molar-refractivity contribution in [1.82, 2.24) is 4.90 Å². The Balaban J connectivity index is 1.92. The number of rotatable bonds is 5. The van der Waals surface area contributed by atoms with Gasteiger partial charge in [-0.1, -0.05) is 53.5 Å². The number of amides is 1. The molecule has 0 bridgehead atoms. The van der Waals surface area contributed by atoms with Crippen LogP contribution in [0.3, 0.4) is 0 Å². The molecule has 5 heteroatoms. The fourth-order valence-electron chi connectivity index (χ4n) is 1.88.